The molecule has 0 aliphatic heterocycles. The van der Waals surface area contributed by atoms with Crippen molar-refractivity contribution in [2.24, 2.45) is 10.8 Å². The fraction of sp³-hybridized carbons (Fsp3) is 0.467. The van der Waals surface area contributed by atoms with Gasteiger partial charge in [-0.15, -0.1) is 0 Å². The molecule has 2 N–H and O–H groups in total. The number of furan rings is 1. The second kappa shape index (κ2) is 9.52. The molecule has 192 valence electrons. The van der Waals surface area contributed by atoms with Crippen LogP contribution in [0.5, 0.6) is 0 Å². The Morgan fingerprint density at radius 2 is 1.66 bits per heavy atom. The molecule has 5 nitrogen and oxygen atoms in total. The Morgan fingerprint density at radius 3 is 2.20 bits per heavy atom. The van der Waals surface area contributed by atoms with Crippen molar-refractivity contribution in [3.05, 3.63) is 76.4 Å². The molecule has 0 saturated heterocycles. The lowest BCUT2D eigenvalue weighted by atomic mass is 9.74. The summed E-state index contributed by atoms with van der Waals surface area (Å²) >= 11 is 0. The Labute approximate surface area is 213 Å². The largest absolute Gasteiger partial charge is 0.465 e. The summed E-state index contributed by atoms with van der Waals surface area (Å²) in [4.78, 5) is 25.6. The fourth-order valence-corrected chi connectivity index (χ4v) is 3.97. The summed E-state index contributed by atoms with van der Waals surface area (Å²) in [6.07, 6.45) is 4.89. The van der Waals surface area contributed by atoms with E-state index in [1.807, 2.05) is 43.3 Å². The minimum atomic E-state index is -0.172. The monoisotopic (exact) mass is 480 g/mol. The first-order valence-electron chi connectivity index (χ1n) is 12.3. The molecule has 0 fully saturated rings. The summed E-state index contributed by atoms with van der Waals surface area (Å²) in [6.45, 7) is 19.3. The maximum absolute atomic E-state index is 13.0. The summed E-state index contributed by atoms with van der Waals surface area (Å²) in [7, 11) is 0. The van der Waals surface area contributed by atoms with Gasteiger partial charge in [-0.25, -0.2) is 0 Å². The Hall–Kier alpha value is -3.08. The van der Waals surface area contributed by atoms with Gasteiger partial charge in [-0.2, -0.15) is 0 Å². The number of amides is 2. The highest BCUT2D eigenvalue weighted by Crippen LogP contribution is 2.41. The van der Waals surface area contributed by atoms with Gasteiger partial charge in [-0.3, -0.25) is 9.59 Å². The van der Waals surface area contributed by atoms with Gasteiger partial charge in [0.05, 0.1) is 5.56 Å². The normalized spacial score (nSPS) is 15.8. The van der Waals surface area contributed by atoms with E-state index in [2.05, 4.69) is 72.1 Å². The smallest absolute Gasteiger partial charge is 0.259 e. The molecule has 0 spiro atoms. The maximum atomic E-state index is 13.0. The second-order valence-corrected chi connectivity index (χ2v) is 12.4. The molecule has 0 bridgehead atoms. The summed E-state index contributed by atoms with van der Waals surface area (Å²) < 4.78 is 5.85. The molecule has 35 heavy (non-hydrogen) atoms. The van der Waals surface area contributed by atoms with Gasteiger partial charge in [0, 0.05) is 26.1 Å². The van der Waals surface area contributed by atoms with Crippen molar-refractivity contribution in [1.82, 2.24) is 10.6 Å². The van der Waals surface area contributed by atoms with Crippen LogP contribution in [0, 0.1) is 17.8 Å². The van der Waals surface area contributed by atoms with Crippen LogP contribution in [0.4, 0.5) is 0 Å². The molecule has 5 heteroatoms. The molecule has 1 aliphatic rings. The lowest BCUT2D eigenvalue weighted by Crippen LogP contribution is -2.32. The zero-order valence-corrected chi connectivity index (χ0v) is 22.7. The van der Waals surface area contributed by atoms with Gasteiger partial charge in [-0.1, -0.05) is 73.6 Å². The van der Waals surface area contributed by atoms with Crippen LogP contribution in [0.3, 0.4) is 0 Å². The number of carbonyl (C=O) groups excluding carboxylic acids is 2. The van der Waals surface area contributed by atoms with Gasteiger partial charge in [0.15, 0.2) is 0 Å². The van der Waals surface area contributed by atoms with E-state index in [4.69, 9.17) is 4.42 Å². The molecule has 3 rings (SSSR count). The second-order valence-electron chi connectivity index (χ2n) is 12.4. The lowest BCUT2D eigenvalue weighted by molar-refractivity contribution is 0.0937. The van der Waals surface area contributed by atoms with E-state index in [0.29, 0.717) is 23.4 Å². The standard InChI is InChI=1S/C30H40N2O3.2H2/c1-19-23(17-25(35-19)29(5,6)7)27(34)32-22-14-15-30(8,9)24(16-22)20-10-12-21(13-11-20)26(33)31-18-28(2,3)4;;/h10-14,16-17H,15,18H2,1-9H3,(H,31,33)(H,32,34);2*1H. The summed E-state index contributed by atoms with van der Waals surface area (Å²) in [5.74, 6) is 1.17. The van der Waals surface area contributed by atoms with E-state index in [9.17, 15) is 9.59 Å². The number of aryl methyl sites for hydroxylation is 1. The van der Waals surface area contributed by atoms with E-state index in [1.54, 1.807) is 0 Å². The third-order valence-electron chi connectivity index (χ3n) is 6.26. The third-order valence-corrected chi connectivity index (χ3v) is 6.26. The predicted octanol–water partition coefficient (Wildman–Crippen LogP) is 7.28. The van der Waals surface area contributed by atoms with Crippen molar-refractivity contribution < 1.29 is 16.9 Å². The number of hydrogen-bond donors (Lipinski definition) is 2. The van der Waals surface area contributed by atoms with Gasteiger partial charge < -0.3 is 15.1 Å². The van der Waals surface area contributed by atoms with Crippen LogP contribution in [0.15, 0.2) is 52.6 Å². The molecule has 0 atom stereocenters. The predicted molar refractivity (Wildman–Crippen MR) is 147 cm³/mol. The molecular weight excluding hydrogens is 436 g/mol. The number of carbonyl (C=O) groups is 2. The molecule has 1 aromatic carbocycles. The van der Waals surface area contributed by atoms with E-state index in [1.165, 1.54) is 0 Å². The number of nitrogens with one attached hydrogen (secondary N) is 2. The van der Waals surface area contributed by atoms with Crippen LogP contribution in [0.1, 0.15) is 102 Å². The Morgan fingerprint density at radius 1 is 1.03 bits per heavy atom. The topological polar surface area (TPSA) is 71.3 Å². The fourth-order valence-electron chi connectivity index (χ4n) is 3.97. The summed E-state index contributed by atoms with van der Waals surface area (Å²) in [5, 5.41) is 6.06. The Balaban J connectivity index is 0.00000342. The first-order chi connectivity index (χ1) is 16.1. The van der Waals surface area contributed by atoms with E-state index >= 15 is 0 Å². The minimum Gasteiger partial charge on any atom is -0.465 e. The first-order valence-corrected chi connectivity index (χ1v) is 12.3. The van der Waals surface area contributed by atoms with E-state index < -0.39 is 0 Å². The number of rotatable bonds is 5. The van der Waals surface area contributed by atoms with Crippen molar-refractivity contribution in [3.63, 3.8) is 0 Å². The average Bonchev–Trinajstić information content (AvgIpc) is 3.15. The molecule has 1 aliphatic carbocycles. The van der Waals surface area contributed by atoms with Gasteiger partial charge >= 0.3 is 0 Å². The molecule has 1 aromatic heterocycles. The summed E-state index contributed by atoms with van der Waals surface area (Å²) in [5.41, 5.74) is 3.89. The van der Waals surface area contributed by atoms with Crippen molar-refractivity contribution in [2.75, 3.05) is 6.54 Å². The van der Waals surface area contributed by atoms with Gasteiger partial charge in [0.1, 0.15) is 11.5 Å². The maximum Gasteiger partial charge on any atom is 0.259 e. The molecule has 1 heterocycles. The molecule has 2 amide bonds. The summed E-state index contributed by atoms with van der Waals surface area (Å²) in [6, 6.07) is 9.54. The van der Waals surface area contributed by atoms with Crippen molar-refractivity contribution in [3.8, 4) is 0 Å². The van der Waals surface area contributed by atoms with Crippen molar-refractivity contribution >= 4 is 17.4 Å². The number of hydrogen-bond acceptors (Lipinski definition) is 3. The quantitative estimate of drug-likeness (QED) is 0.472. The van der Waals surface area contributed by atoms with Crippen LogP contribution in [0.25, 0.3) is 5.57 Å². The van der Waals surface area contributed by atoms with Crippen LogP contribution in [-0.4, -0.2) is 18.4 Å². The lowest BCUT2D eigenvalue weighted by Gasteiger charge is -2.31. The first kappa shape index (κ1) is 26.5. The SMILES string of the molecule is Cc1oc(C(C)(C)C)cc1C(=O)NC1=CCC(C)(C)C(c2ccc(C(=O)NCC(C)(C)C)cc2)=C1.[HH].[HH]. The number of allylic oxidation sites excluding steroid dienone is 3. The van der Waals surface area contributed by atoms with Crippen LogP contribution in [-0.2, 0) is 5.41 Å². The highest BCUT2D eigenvalue weighted by molar-refractivity contribution is 5.97. The molecule has 0 saturated carbocycles. The highest BCUT2D eigenvalue weighted by atomic mass is 16.3. The zero-order chi connectivity index (χ0) is 26.2. The minimum absolute atomic E-state index is 0. The van der Waals surface area contributed by atoms with E-state index in [-0.39, 0.29) is 30.9 Å². The Kier molecular flexibility index (Phi) is 7.21. The van der Waals surface area contributed by atoms with Crippen molar-refractivity contribution in [1.29, 1.82) is 0 Å². The third kappa shape index (κ3) is 6.53. The van der Waals surface area contributed by atoms with Crippen molar-refractivity contribution in [2.45, 2.75) is 74.1 Å². The number of benzene rings is 1. The molecule has 0 radical (unpaired) electrons. The molecular formula is C30H44N2O3. The van der Waals surface area contributed by atoms with Gasteiger partial charge in [0.2, 0.25) is 0 Å². The highest BCUT2D eigenvalue weighted by Gasteiger charge is 2.29. The molecule has 2 aromatic rings. The molecule has 0 unspecified atom stereocenters. The van der Waals surface area contributed by atoms with Crippen LogP contribution >= 0.6 is 0 Å². The van der Waals surface area contributed by atoms with Gasteiger partial charge in [0.25, 0.3) is 11.8 Å². The van der Waals surface area contributed by atoms with E-state index in [0.717, 1.165) is 29.0 Å². The van der Waals surface area contributed by atoms with Crippen LogP contribution < -0.4 is 10.6 Å². The van der Waals surface area contributed by atoms with Crippen LogP contribution in [0.2, 0.25) is 0 Å². The zero-order valence-electron chi connectivity index (χ0n) is 22.7. The Bertz CT molecular complexity index is 1170. The average molecular weight is 481 g/mol. The van der Waals surface area contributed by atoms with Gasteiger partial charge in [-0.05, 0) is 59.6 Å².